The van der Waals surface area contributed by atoms with Crippen LogP contribution in [0.2, 0.25) is 0 Å². The van der Waals surface area contributed by atoms with Crippen LogP contribution in [0.3, 0.4) is 0 Å². The molecule has 2 aliphatic heterocycles. The summed E-state index contributed by atoms with van der Waals surface area (Å²) in [5, 5.41) is 5.74. The van der Waals surface area contributed by atoms with Gasteiger partial charge in [0.2, 0.25) is 0 Å². The van der Waals surface area contributed by atoms with Gasteiger partial charge >= 0.3 is 11.7 Å². The van der Waals surface area contributed by atoms with E-state index in [1.807, 2.05) is 24.3 Å². The Morgan fingerprint density at radius 1 is 1.53 bits per heavy atom. The number of hydrogen-bond donors (Lipinski definition) is 3. The molecule has 0 aromatic heterocycles. The van der Waals surface area contributed by atoms with Gasteiger partial charge in [-0.05, 0) is 6.07 Å². The highest BCUT2D eigenvalue weighted by Gasteiger charge is 2.26. The lowest BCUT2D eigenvalue weighted by Crippen LogP contribution is -2.39. The Hall–Kier alpha value is -2.11. The zero-order chi connectivity index (χ0) is 13.4. The molecule has 0 saturated carbocycles. The van der Waals surface area contributed by atoms with Crippen molar-refractivity contribution in [2.45, 2.75) is 10.4 Å². The average Bonchev–Trinajstić information content (AvgIpc) is 2.95. The van der Waals surface area contributed by atoms with Crippen LogP contribution in [0.25, 0.3) is 0 Å². The number of amides is 2. The van der Waals surface area contributed by atoms with Crippen molar-refractivity contribution in [3.8, 4) is 0 Å². The van der Waals surface area contributed by atoms with E-state index in [9.17, 15) is 4.79 Å². The van der Waals surface area contributed by atoms with Crippen LogP contribution < -0.4 is 26.5 Å². The summed E-state index contributed by atoms with van der Waals surface area (Å²) in [6.07, 6.45) is 5.53. The van der Waals surface area contributed by atoms with E-state index in [0.717, 1.165) is 21.9 Å². The largest absolute Gasteiger partial charge is 0.356 e. The number of urea groups is 1. The molecule has 2 aliphatic rings. The monoisotopic (exact) mass is 269 g/mol. The summed E-state index contributed by atoms with van der Waals surface area (Å²) in [6.45, 7) is 0. The SMILES string of the molecule is [B]c1cc(C2=[N+]=CC=C2)cc2c1SC(NC(N)=O)N2. The van der Waals surface area contributed by atoms with Crippen molar-refractivity contribution in [1.82, 2.24) is 9.98 Å². The number of nitrogens with zero attached hydrogens (tertiary/aromatic N) is 1. The number of anilines is 1. The fourth-order valence-corrected chi connectivity index (χ4v) is 3.03. The zero-order valence-corrected chi connectivity index (χ0v) is 10.7. The number of rotatable bonds is 2. The molecule has 0 saturated heterocycles. The number of nitrogens with two attached hydrogens (primary N) is 1. The van der Waals surface area contributed by atoms with E-state index < -0.39 is 6.03 Å². The van der Waals surface area contributed by atoms with Crippen LogP contribution in [-0.4, -0.2) is 31.3 Å². The molecule has 0 fully saturated rings. The lowest BCUT2D eigenvalue weighted by molar-refractivity contribution is 0.249. The zero-order valence-electron chi connectivity index (χ0n) is 9.88. The highest BCUT2D eigenvalue weighted by atomic mass is 32.2. The second-order valence-electron chi connectivity index (χ2n) is 4.12. The van der Waals surface area contributed by atoms with Gasteiger partial charge in [0, 0.05) is 17.0 Å². The van der Waals surface area contributed by atoms with Crippen molar-refractivity contribution in [1.29, 1.82) is 0 Å². The Bertz CT molecular complexity index is 664. The maximum Gasteiger partial charge on any atom is 0.334 e. The van der Waals surface area contributed by atoms with Crippen molar-refractivity contribution in [2.75, 3.05) is 5.32 Å². The van der Waals surface area contributed by atoms with Gasteiger partial charge in [0.05, 0.1) is 11.3 Å². The molecule has 1 aromatic carbocycles. The van der Waals surface area contributed by atoms with Gasteiger partial charge in [-0.1, -0.05) is 28.0 Å². The second-order valence-corrected chi connectivity index (χ2v) is 5.23. The van der Waals surface area contributed by atoms with Crippen molar-refractivity contribution in [2.24, 2.45) is 5.73 Å². The molecule has 3 rings (SSSR count). The quantitative estimate of drug-likeness (QED) is 0.497. The van der Waals surface area contributed by atoms with Crippen LogP contribution >= 0.6 is 11.8 Å². The predicted molar refractivity (Wildman–Crippen MR) is 79.3 cm³/mol. The van der Waals surface area contributed by atoms with Gasteiger partial charge < -0.3 is 16.4 Å². The molecule has 7 heteroatoms. The molecule has 1 aromatic rings. The summed E-state index contributed by atoms with van der Waals surface area (Å²) in [5.41, 5.74) is 8.15. The Labute approximate surface area is 115 Å². The Morgan fingerprint density at radius 2 is 2.37 bits per heavy atom. The molecule has 2 radical (unpaired) electrons. The van der Waals surface area contributed by atoms with Gasteiger partial charge in [0.1, 0.15) is 7.85 Å². The normalized spacial score (nSPS) is 18.9. The van der Waals surface area contributed by atoms with Crippen molar-refractivity contribution in [3.63, 3.8) is 0 Å². The van der Waals surface area contributed by atoms with Crippen LogP contribution in [0.5, 0.6) is 0 Å². The second kappa shape index (κ2) is 4.53. The minimum atomic E-state index is -0.575. The van der Waals surface area contributed by atoms with E-state index in [0.29, 0.717) is 5.46 Å². The smallest absolute Gasteiger partial charge is 0.334 e. The number of nitrogens with one attached hydrogen (secondary N) is 2. The number of allylic oxidation sites excluding steroid dienone is 2. The lowest BCUT2D eigenvalue weighted by atomic mass is 9.92. The van der Waals surface area contributed by atoms with E-state index in [4.69, 9.17) is 13.6 Å². The number of carbonyl (C=O) groups is 1. The van der Waals surface area contributed by atoms with Crippen LogP contribution in [0.1, 0.15) is 5.56 Å². The highest BCUT2D eigenvalue weighted by Crippen LogP contribution is 2.36. The number of benzene rings is 1. The summed E-state index contributed by atoms with van der Waals surface area (Å²) < 4.78 is 4.24. The number of primary amides is 1. The molecular formula is C12H10BN4OS+. The van der Waals surface area contributed by atoms with E-state index in [1.165, 1.54) is 11.8 Å². The Morgan fingerprint density at radius 3 is 3.05 bits per heavy atom. The van der Waals surface area contributed by atoms with Gasteiger partial charge in [-0.2, -0.15) is 0 Å². The van der Waals surface area contributed by atoms with Gasteiger partial charge in [-0.3, -0.25) is 0 Å². The first kappa shape index (κ1) is 12.0. The molecule has 2 amide bonds. The summed E-state index contributed by atoms with van der Waals surface area (Å²) in [4.78, 5) is 11.8. The topological polar surface area (TPSA) is 81.2 Å². The number of hydrogen-bond acceptors (Lipinski definition) is 3. The molecule has 19 heavy (non-hydrogen) atoms. The molecule has 1 unspecified atom stereocenters. The maximum atomic E-state index is 10.9. The first-order valence-corrected chi connectivity index (χ1v) is 6.52. The summed E-state index contributed by atoms with van der Waals surface area (Å²) >= 11 is 1.43. The van der Waals surface area contributed by atoms with E-state index in [1.54, 1.807) is 6.21 Å². The molecule has 4 N–H and O–H groups in total. The third kappa shape index (κ3) is 2.25. The summed E-state index contributed by atoms with van der Waals surface area (Å²) in [5.74, 6) is 0. The van der Waals surface area contributed by atoms with Crippen LogP contribution in [0.4, 0.5) is 10.5 Å². The van der Waals surface area contributed by atoms with Gasteiger partial charge in [0.15, 0.2) is 5.50 Å². The van der Waals surface area contributed by atoms with Crippen LogP contribution in [0, 0.1) is 0 Å². The van der Waals surface area contributed by atoms with Crippen molar-refractivity contribution >= 4 is 48.7 Å². The van der Waals surface area contributed by atoms with Crippen molar-refractivity contribution < 1.29 is 4.79 Å². The first-order valence-electron chi connectivity index (χ1n) is 5.64. The molecule has 5 nitrogen and oxygen atoms in total. The molecule has 0 spiro atoms. The summed E-state index contributed by atoms with van der Waals surface area (Å²) in [6, 6.07) is 3.26. The molecule has 2 heterocycles. The third-order valence-electron chi connectivity index (χ3n) is 2.76. The highest BCUT2D eigenvalue weighted by molar-refractivity contribution is 8.00. The predicted octanol–water partition coefficient (Wildman–Crippen LogP) is -0.553. The number of carbonyl (C=O) groups excluding carboxylic acids is 1. The van der Waals surface area contributed by atoms with Gasteiger partial charge in [-0.25, -0.2) is 4.79 Å². The summed E-state index contributed by atoms with van der Waals surface area (Å²) in [7, 11) is 6.04. The minimum Gasteiger partial charge on any atom is -0.356 e. The Balaban J connectivity index is 1.93. The van der Waals surface area contributed by atoms with E-state index in [2.05, 4.69) is 15.3 Å². The van der Waals surface area contributed by atoms with Crippen LogP contribution in [-0.2, 0) is 0 Å². The van der Waals surface area contributed by atoms with Crippen LogP contribution in [0.15, 0.2) is 29.2 Å². The fraction of sp³-hybridized carbons (Fsp3) is 0.0833. The minimum absolute atomic E-state index is 0.294. The molecule has 1 atom stereocenters. The molecular weight excluding hydrogens is 259 g/mol. The number of thioether (sulfide) groups is 1. The lowest BCUT2D eigenvalue weighted by Gasteiger charge is -2.09. The average molecular weight is 269 g/mol. The molecule has 0 bridgehead atoms. The van der Waals surface area contributed by atoms with Gasteiger partial charge in [-0.15, -0.1) is 0 Å². The Kier molecular flexibility index (Phi) is 2.85. The number of fused-ring (bicyclic) bond motifs is 1. The third-order valence-corrected chi connectivity index (χ3v) is 3.93. The first-order chi connectivity index (χ1) is 9.13. The fourth-order valence-electron chi connectivity index (χ4n) is 1.99. The standard InChI is InChI=1S/C12H9BN4OS/c13-7-4-6(8-2-1-3-15-8)5-9-10(7)19-12(16-9)17-11(14)18/h1-5,12,16H,(H2-,14,17,18)/p+1. The van der Waals surface area contributed by atoms with E-state index in [-0.39, 0.29) is 5.50 Å². The van der Waals surface area contributed by atoms with E-state index >= 15 is 0 Å². The van der Waals surface area contributed by atoms with Crippen molar-refractivity contribution in [3.05, 3.63) is 29.8 Å². The maximum absolute atomic E-state index is 10.9. The van der Waals surface area contributed by atoms with Gasteiger partial charge in [0.25, 0.3) is 6.21 Å². The molecule has 92 valence electrons. The molecule has 0 aliphatic carbocycles.